The fraction of sp³-hybridized carbons (Fsp3) is 0.500. The Morgan fingerprint density at radius 2 is 1.46 bits per heavy atom. The first-order valence-corrected chi connectivity index (χ1v) is 18.0. The van der Waals surface area contributed by atoms with Gasteiger partial charge in [0.1, 0.15) is 6.04 Å². The van der Waals surface area contributed by atoms with E-state index in [1.807, 2.05) is 24.3 Å². The summed E-state index contributed by atoms with van der Waals surface area (Å²) in [6.45, 7) is 4.39. The number of aromatic amines is 1. The number of piperazine rings is 1. The number of amides is 3. The lowest BCUT2D eigenvalue weighted by Crippen LogP contribution is -2.57. The van der Waals surface area contributed by atoms with Gasteiger partial charge in [-0.2, -0.15) is 26.3 Å². The van der Waals surface area contributed by atoms with E-state index < -0.39 is 59.1 Å². The van der Waals surface area contributed by atoms with Crippen LogP contribution in [0.1, 0.15) is 48.4 Å². The number of imidazole rings is 1. The van der Waals surface area contributed by atoms with Crippen LogP contribution in [0.4, 0.5) is 36.8 Å². The Balaban J connectivity index is 1.10. The molecule has 3 aliphatic rings. The Kier molecular flexibility index (Phi) is 10.2. The molecule has 7 rings (SSSR count). The van der Waals surface area contributed by atoms with E-state index in [1.165, 1.54) is 9.80 Å². The zero-order valence-corrected chi connectivity index (χ0v) is 29.3. The van der Waals surface area contributed by atoms with Crippen LogP contribution in [0.15, 0.2) is 47.4 Å². The number of hydrogen-bond donors (Lipinski definition) is 4. The molecule has 0 saturated carbocycles. The van der Waals surface area contributed by atoms with Gasteiger partial charge in [0.25, 0.3) is 0 Å². The van der Waals surface area contributed by atoms with Crippen molar-refractivity contribution in [1.29, 1.82) is 0 Å². The van der Waals surface area contributed by atoms with Crippen molar-refractivity contribution in [2.75, 3.05) is 58.1 Å². The van der Waals surface area contributed by atoms with Crippen molar-refractivity contribution < 1.29 is 35.9 Å². The lowest BCUT2D eigenvalue weighted by Gasteiger charge is -2.41. The van der Waals surface area contributed by atoms with Crippen LogP contribution in [0.3, 0.4) is 0 Å². The Morgan fingerprint density at radius 1 is 0.870 bits per heavy atom. The topological polar surface area (TPSA) is 145 Å². The molecule has 5 N–H and O–H groups in total. The second-order valence-electron chi connectivity index (χ2n) is 14.2. The molecule has 5 heterocycles. The minimum absolute atomic E-state index is 0.173. The number of alkyl halides is 6. The Morgan fingerprint density at radius 3 is 2.09 bits per heavy atom. The van der Waals surface area contributed by atoms with Crippen LogP contribution in [0.25, 0.3) is 21.9 Å². The molecule has 3 fully saturated rings. The van der Waals surface area contributed by atoms with Gasteiger partial charge in [-0.15, -0.1) is 0 Å². The summed E-state index contributed by atoms with van der Waals surface area (Å²) in [5.41, 5.74) is 1.80. The number of fused-ring (bicyclic) bond motifs is 3. The maximum Gasteiger partial charge on any atom is 0.418 e. The molecule has 0 spiro atoms. The predicted octanol–water partition coefficient (Wildman–Crippen LogP) is 4.35. The first kappa shape index (κ1) is 37.5. The van der Waals surface area contributed by atoms with Crippen molar-refractivity contribution in [1.82, 2.24) is 39.9 Å². The number of pyridine rings is 1. The summed E-state index contributed by atoms with van der Waals surface area (Å²) in [6.07, 6.45) is -7.39. The monoisotopic (exact) mass is 761 g/mol. The molecule has 0 aliphatic carbocycles. The van der Waals surface area contributed by atoms with E-state index in [1.54, 1.807) is 10.8 Å². The van der Waals surface area contributed by atoms with E-state index in [9.17, 15) is 40.7 Å². The molecule has 1 unspecified atom stereocenters. The molecule has 54 heavy (non-hydrogen) atoms. The summed E-state index contributed by atoms with van der Waals surface area (Å²) < 4.78 is 85.1. The fourth-order valence-corrected chi connectivity index (χ4v) is 8.11. The third kappa shape index (κ3) is 7.58. The number of halogens is 6. The fourth-order valence-electron chi connectivity index (χ4n) is 8.11. The maximum absolute atomic E-state index is 14.0. The number of carbonyl (C=O) groups is 2. The van der Waals surface area contributed by atoms with Crippen molar-refractivity contribution in [2.45, 2.75) is 62.6 Å². The molecule has 4 aromatic rings. The number of nitrogens with zero attached hydrogens (tertiary/aromatic N) is 5. The number of rotatable bonds is 6. The summed E-state index contributed by atoms with van der Waals surface area (Å²) >= 11 is 0. The molecule has 2 aromatic heterocycles. The second kappa shape index (κ2) is 14.8. The predicted molar refractivity (Wildman–Crippen MR) is 189 cm³/mol. The van der Waals surface area contributed by atoms with Gasteiger partial charge in [-0.25, -0.2) is 9.59 Å². The van der Waals surface area contributed by atoms with Crippen LogP contribution in [-0.2, 0) is 23.6 Å². The van der Waals surface area contributed by atoms with Crippen LogP contribution in [-0.4, -0.2) is 106 Å². The first-order chi connectivity index (χ1) is 25.7. The summed E-state index contributed by atoms with van der Waals surface area (Å²) in [7, 11) is 0. The van der Waals surface area contributed by atoms with Gasteiger partial charge < -0.3 is 31.2 Å². The van der Waals surface area contributed by atoms with E-state index in [0.717, 1.165) is 37.1 Å². The van der Waals surface area contributed by atoms with Crippen LogP contribution in [0.5, 0.6) is 0 Å². The SMILES string of the molecule is Nc1c(C(F)(F)F)cc(CC(NC(=O)N2CCC(n3c(=O)[nH]c4c5ccccc5ncc43)CC2)C(=O)N2CCC(N3CCNCC3)CC2)cc1C(F)(F)F. The lowest BCUT2D eigenvalue weighted by atomic mass is 9.96. The number of anilines is 1. The number of nitrogens with one attached hydrogen (secondary N) is 3. The number of hydrogen-bond acceptors (Lipinski definition) is 7. The van der Waals surface area contributed by atoms with Gasteiger partial charge in [-0.1, -0.05) is 18.2 Å². The number of nitrogen functional groups attached to an aromatic ring is 1. The standard InChI is InChI=1S/C36H41F6N9O3/c37-35(38,39)25-17-21(18-26(30(25)43)36(40,41)42)19-28(32(52)49-11-5-22(6-12-49)48-15-9-44-10-16-48)46-33(53)50-13-7-23(8-14-50)51-29-20-45-27-4-2-1-3-24(27)31(29)47-34(51)54/h1-4,17-18,20,22-23,28,44H,5-16,19,43H2,(H,46,53)(H,47,54). The van der Waals surface area contributed by atoms with Crippen molar-refractivity contribution >= 4 is 39.6 Å². The number of aromatic nitrogens is 3. The smallest absolute Gasteiger partial charge is 0.398 e. The molecule has 0 bridgehead atoms. The highest BCUT2D eigenvalue weighted by Crippen LogP contribution is 2.42. The van der Waals surface area contributed by atoms with Gasteiger partial charge in [0.05, 0.1) is 39.6 Å². The summed E-state index contributed by atoms with van der Waals surface area (Å²) in [5.74, 6) is -0.596. The molecular weight excluding hydrogens is 720 g/mol. The van der Waals surface area contributed by atoms with Crippen molar-refractivity contribution in [3.05, 3.63) is 69.8 Å². The van der Waals surface area contributed by atoms with Gasteiger partial charge in [-0.3, -0.25) is 19.2 Å². The summed E-state index contributed by atoms with van der Waals surface area (Å²) in [4.78, 5) is 53.6. The molecule has 3 aliphatic heterocycles. The van der Waals surface area contributed by atoms with Gasteiger partial charge in [0.2, 0.25) is 5.91 Å². The minimum Gasteiger partial charge on any atom is -0.398 e. The van der Waals surface area contributed by atoms with Crippen molar-refractivity contribution in [3.8, 4) is 0 Å². The summed E-state index contributed by atoms with van der Waals surface area (Å²) in [6, 6.07) is 6.20. The lowest BCUT2D eigenvalue weighted by molar-refractivity contribution is -0.141. The Bertz CT molecular complexity index is 2040. The molecule has 290 valence electrons. The molecule has 3 saturated heterocycles. The largest absolute Gasteiger partial charge is 0.418 e. The van der Waals surface area contributed by atoms with Gasteiger partial charge in [-0.05, 0) is 49.4 Å². The number of benzene rings is 2. The zero-order chi connectivity index (χ0) is 38.4. The second-order valence-corrected chi connectivity index (χ2v) is 14.2. The molecule has 12 nitrogen and oxygen atoms in total. The average molecular weight is 762 g/mol. The molecule has 1 atom stereocenters. The Labute approximate surface area is 305 Å². The van der Waals surface area contributed by atoms with Gasteiger partial charge in [0.15, 0.2) is 0 Å². The number of likely N-dealkylation sites (tertiary alicyclic amines) is 2. The van der Waals surface area contributed by atoms with E-state index in [2.05, 4.69) is 25.5 Å². The Hall–Kier alpha value is -4.84. The highest BCUT2D eigenvalue weighted by Gasteiger charge is 2.42. The highest BCUT2D eigenvalue weighted by atomic mass is 19.4. The van der Waals surface area contributed by atoms with Crippen LogP contribution >= 0.6 is 0 Å². The summed E-state index contributed by atoms with van der Waals surface area (Å²) in [5, 5.41) is 6.74. The van der Waals surface area contributed by atoms with Crippen molar-refractivity contribution in [2.24, 2.45) is 0 Å². The van der Waals surface area contributed by atoms with Gasteiger partial charge >= 0.3 is 24.1 Å². The average Bonchev–Trinajstić information content (AvgIpc) is 3.50. The van der Waals surface area contributed by atoms with E-state index in [4.69, 9.17) is 5.73 Å². The zero-order valence-electron chi connectivity index (χ0n) is 29.3. The molecule has 2 aromatic carbocycles. The first-order valence-electron chi connectivity index (χ1n) is 18.0. The number of carbonyl (C=O) groups excluding carboxylic acids is 2. The minimum atomic E-state index is -5.20. The van der Waals surface area contributed by atoms with Crippen LogP contribution in [0.2, 0.25) is 0 Å². The van der Waals surface area contributed by atoms with Crippen LogP contribution in [0, 0.1) is 0 Å². The van der Waals surface area contributed by atoms with Crippen molar-refractivity contribution in [3.63, 3.8) is 0 Å². The van der Waals surface area contributed by atoms with E-state index in [-0.39, 0.29) is 30.9 Å². The van der Waals surface area contributed by atoms with E-state index in [0.29, 0.717) is 61.9 Å². The van der Waals surface area contributed by atoms with Gasteiger partial charge in [0, 0.05) is 76.2 Å². The number of urea groups is 1. The third-order valence-corrected chi connectivity index (χ3v) is 10.9. The molecule has 18 heteroatoms. The maximum atomic E-state index is 14.0. The molecule has 0 radical (unpaired) electrons. The molecule has 3 amide bonds. The molecular formula is C36H41F6N9O3. The number of nitrogens with two attached hydrogens (primary N) is 1. The normalized spacial score (nSPS) is 19.1. The van der Waals surface area contributed by atoms with E-state index >= 15 is 0 Å². The number of H-pyrrole nitrogens is 1. The number of piperidine rings is 2. The quantitative estimate of drug-likeness (QED) is 0.169. The number of para-hydroxylation sites is 1. The highest BCUT2D eigenvalue weighted by molar-refractivity contribution is 6.01. The van der Waals surface area contributed by atoms with Crippen LogP contribution < -0.4 is 22.1 Å². The third-order valence-electron chi connectivity index (χ3n) is 10.9.